The molecule has 1 aliphatic heterocycles. The van der Waals surface area contributed by atoms with Crippen molar-refractivity contribution in [2.24, 2.45) is 0 Å². The second-order valence-electron chi connectivity index (χ2n) is 2.83. The van der Waals surface area contributed by atoms with Gasteiger partial charge in [-0.2, -0.15) is 0 Å². The molecule has 1 unspecified atom stereocenters. The van der Waals surface area contributed by atoms with Crippen LogP contribution < -0.4 is 0 Å². The lowest BCUT2D eigenvalue weighted by atomic mass is 10.00. The molecule has 0 amide bonds. The quantitative estimate of drug-likeness (QED) is 0.423. The average Bonchev–Trinajstić information content (AvgIpc) is 2.10. The van der Waals surface area contributed by atoms with E-state index in [4.69, 9.17) is 9.84 Å². The molecule has 4 nitrogen and oxygen atoms in total. The van der Waals surface area contributed by atoms with Crippen LogP contribution >= 0.6 is 0 Å². The molecule has 3 N–H and O–H groups in total. The molecule has 0 aromatic heterocycles. The van der Waals surface area contributed by atoms with Gasteiger partial charge < -0.3 is 20.1 Å². The molecule has 0 bridgehead atoms. The normalized spacial score (nSPS) is 48.0. The van der Waals surface area contributed by atoms with E-state index in [1.165, 1.54) is 6.92 Å². The minimum atomic E-state index is -1.20. The van der Waals surface area contributed by atoms with Crippen LogP contribution in [0.1, 0.15) is 6.92 Å². The summed E-state index contributed by atoms with van der Waals surface area (Å²) < 4.78 is 4.88. The van der Waals surface area contributed by atoms with Crippen molar-refractivity contribution in [1.29, 1.82) is 0 Å². The minimum Gasteiger partial charge on any atom is -0.394 e. The predicted octanol–water partition coefficient (Wildman–Crippen LogP) is -1.51. The fourth-order valence-corrected chi connectivity index (χ4v) is 1.01. The summed E-state index contributed by atoms with van der Waals surface area (Å²) in [5.41, 5.74) is -1.20. The number of hydrogen-bond donors (Lipinski definition) is 3. The van der Waals surface area contributed by atoms with Gasteiger partial charge in [-0.15, -0.1) is 0 Å². The van der Waals surface area contributed by atoms with E-state index in [1.807, 2.05) is 0 Å². The molecule has 1 rings (SSSR count). The molecule has 1 fully saturated rings. The molecule has 0 aliphatic carbocycles. The molecule has 3 atom stereocenters. The summed E-state index contributed by atoms with van der Waals surface area (Å²) in [7, 11) is 0. The monoisotopic (exact) mass is 148 g/mol. The number of ether oxygens (including phenoxy) is 1. The maximum Gasteiger partial charge on any atom is 0.114 e. The van der Waals surface area contributed by atoms with E-state index in [2.05, 4.69) is 0 Å². The highest BCUT2D eigenvalue weighted by atomic mass is 16.5. The van der Waals surface area contributed by atoms with E-state index in [1.54, 1.807) is 0 Å². The van der Waals surface area contributed by atoms with Crippen LogP contribution in [0.4, 0.5) is 0 Å². The summed E-state index contributed by atoms with van der Waals surface area (Å²) in [4.78, 5) is 0. The second kappa shape index (κ2) is 2.47. The van der Waals surface area contributed by atoms with Crippen LogP contribution in [0.2, 0.25) is 0 Å². The van der Waals surface area contributed by atoms with Gasteiger partial charge in [-0.1, -0.05) is 0 Å². The van der Waals surface area contributed by atoms with Crippen molar-refractivity contribution >= 4 is 0 Å². The number of hydrogen-bond acceptors (Lipinski definition) is 4. The molecule has 1 saturated heterocycles. The summed E-state index contributed by atoms with van der Waals surface area (Å²) in [6.07, 6.45) is -1.60. The molecule has 0 radical (unpaired) electrons. The van der Waals surface area contributed by atoms with E-state index >= 15 is 0 Å². The largest absolute Gasteiger partial charge is 0.394 e. The Labute approximate surface area is 59.1 Å². The van der Waals surface area contributed by atoms with Crippen LogP contribution in [-0.2, 0) is 4.74 Å². The van der Waals surface area contributed by atoms with Crippen LogP contribution in [0.3, 0.4) is 0 Å². The Hall–Kier alpha value is -0.160. The van der Waals surface area contributed by atoms with Crippen LogP contribution in [0.5, 0.6) is 0 Å². The van der Waals surface area contributed by atoms with Gasteiger partial charge in [0.2, 0.25) is 0 Å². The number of rotatable bonds is 1. The van der Waals surface area contributed by atoms with Crippen LogP contribution in [0.25, 0.3) is 0 Å². The van der Waals surface area contributed by atoms with Gasteiger partial charge in [0.1, 0.15) is 17.8 Å². The van der Waals surface area contributed by atoms with Crippen molar-refractivity contribution in [2.45, 2.75) is 24.7 Å². The lowest BCUT2D eigenvalue weighted by Gasteiger charge is -2.19. The van der Waals surface area contributed by atoms with Crippen molar-refractivity contribution in [2.75, 3.05) is 13.2 Å². The zero-order chi connectivity index (χ0) is 7.78. The van der Waals surface area contributed by atoms with E-state index in [9.17, 15) is 10.2 Å². The lowest BCUT2D eigenvalue weighted by Crippen LogP contribution is -2.41. The van der Waals surface area contributed by atoms with Crippen molar-refractivity contribution in [3.05, 3.63) is 0 Å². The van der Waals surface area contributed by atoms with Gasteiger partial charge in [-0.05, 0) is 6.92 Å². The topological polar surface area (TPSA) is 69.9 Å². The Morgan fingerprint density at radius 1 is 1.70 bits per heavy atom. The summed E-state index contributed by atoms with van der Waals surface area (Å²) >= 11 is 0. The van der Waals surface area contributed by atoms with Gasteiger partial charge in [-0.3, -0.25) is 0 Å². The third-order valence-electron chi connectivity index (χ3n) is 1.76. The Bertz CT molecular complexity index is 123. The standard InChI is InChI=1S/C6H12O4/c1-6(9)3-10-4(2-7)5(6)8/h4-5,7-9H,2-3H2,1H3/t4-,5?,6+/m1/s1. The smallest absolute Gasteiger partial charge is 0.114 e. The highest BCUT2D eigenvalue weighted by Crippen LogP contribution is 2.23. The molecule has 0 spiro atoms. The van der Waals surface area contributed by atoms with Gasteiger partial charge in [0, 0.05) is 0 Å². The molecule has 0 aromatic rings. The number of aliphatic hydroxyl groups is 3. The average molecular weight is 148 g/mol. The fourth-order valence-electron chi connectivity index (χ4n) is 1.01. The van der Waals surface area contributed by atoms with Gasteiger partial charge >= 0.3 is 0 Å². The maximum atomic E-state index is 9.28. The summed E-state index contributed by atoms with van der Waals surface area (Å²) in [6, 6.07) is 0. The summed E-state index contributed by atoms with van der Waals surface area (Å²) in [6.45, 7) is 1.31. The molecule has 1 aliphatic rings. The van der Waals surface area contributed by atoms with E-state index in [0.29, 0.717) is 0 Å². The van der Waals surface area contributed by atoms with Crippen LogP contribution in [0.15, 0.2) is 0 Å². The molecule has 1 heterocycles. The van der Waals surface area contributed by atoms with Crippen molar-refractivity contribution in [3.8, 4) is 0 Å². The molecular formula is C6H12O4. The van der Waals surface area contributed by atoms with Crippen molar-refractivity contribution in [3.63, 3.8) is 0 Å². The van der Waals surface area contributed by atoms with Gasteiger partial charge in [0.05, 0.1) is 13.2 Å². The van der Waals surface area contributed by atoms with Gasteiger partial charge in [0.25, 0.3) is 0 Å². The molecule has 10 heavy (non-hydrogen) atoms. The first-order valence-electron chi connectivity index (χ1n) is 3.21. The zero-order valence-corrected chi connectivity index (χ0v) is 5.82. The zero-order valence-electron chi connectivity index (χ0n) is 5.82. The first-order valence-corrected chi connectivity index (χ1v) is 3.21. The van der Waals surface area contributed by atoms with Crippen LogP contribution in [0, 0.1) is 0 Å². The highest BCUT2D eigenvalue weighted by molar-refractivity contribution is 4.92. The third-order valence-corrected chi connectivity index (χ3v) is 1.76. The fraction of sp³-hybridized carbons (Fsp3) is 1.00. The SMILES string of the molecule is C[C@]1(O)CO[C@H](CO)C1O. The Morgan fingerprint density at radius 2 is 2.30 bits per heavy atom. The Kier molecular flexibility index (Phi) is 1.96. The van der Waals surface area contributed by atoms with E-state index < -0.39 is 17.8 Å². The molecule has 0 aromatic carbocycles. The van der Waals surface area contributed by atoms with Crippen molar-refractivity contribution in [1.82, 2.24) is 0 Å². The minimum absolute atomic E-state index is 0.0827. The molecule has 60 valence electrons. The summed E-state index contributed by atoms with van der Waals surface area (Å²) in [5, 5.41) is 27.0. The lowest BCUT2D eigenvalue weighted by molar-refractivity contribution is -0.0434. The number of aliphatic hydroxyl groups excluding tert-OH is 2. The molecule has 0 saturated carbocycles. The second-order valence-corrected chi connectivity index (χ2v) is 2.83. The highest BCUT2D eigenvalue weighted by Gasteiger charge is 2.43. The summed E-state index contributed by atoms with van der Waals surface area (Å²) in [5.74, 6) is 0. The van der Waals surface area contributed by atoms with Crippen LogP contribution in [-0.4, -0.2) is 46.3 Å². The predicted molar refractivity (Wildman–Crippen MR) is 33.5 cm³/mol. The van der Waals surface area contributed by atoms with Gasteiger partial charge in [-0.25, -0.2) is 0 Å². The van der Waals surface area contributed by atoms with E-state index in [-0.39, 0.29) is 13.2 Å². The van der Waals surface area contributed by atoms with E-state index in [0.717, 1.165) is 0 Å². The Morgan fingerprint density at radius 3 is 2.50 bits per heavy atom. The Balaban J connectivity index is 2.58. The molecular weight excluding hydrogens is 136 g/mol. The third kappa shape index (κ3) is 1.15. The maximum absolute atomic E-state index is 9.28. The first kappa shape index (κ1) is 7.94. The molecule has 4 heteroatoms. The van der Waals surface area contributed by atoms with Gasteiger partial charge in [0.15, 0.2) is 0 Å². The first-order chi connectivity index (χ1) is 4.58. The van der Waals surface area contributed by atoms with Crippen molar-refractivity contribution < 1.29 is 20.1 Å².